The average Bonchev–Trinajstić information content (AvgIpc) is 2.89. The van der Waals surface area contributed by atoms with Gasteiger partial charge in [-0.1, -0.05) is 29.8 Å². The third kappa shape index (κ3) is 3.30. The second-order valence-corrected chi connectivity index (χ2v) is 6.47. The van der Waals surface area contributed by atoms with Gasteiger partial charge < -0.3 is 10.1 Å². The number of benzene rings is 2. The van der Waals surface area contributed by atoms with Crippen molar-refractivity contribution in [2.45, 2.75) is 19.4 Å². The van der Waals surface area contributed by atoms with Gasteiger partial charge in [0, 0.05) is 16.4 Å². The fraction of sp³-hybridized carbons (Fsp3) is 0.200. The van der Waals surface area contributed by atoms with Crippen molar-refractivity contribution in [2.24, 2.45) is 0 Å². The molecule has 1 aliphatic rings. The van der Waals surface area contributed by atoms with Crippen molar-refractivity contribution in [3.63, 3.8) is 0 Å². The van der Waals surface area contributed by atoms with Crippen LogP contribution in [0.25, 0.3) is 0 Å². The number of anilines is 2. The van der Waals surface area contributed by atoms with Crippen LogP contribution >= 0.6 is 11.6 Å². The lowest BCUT2D eigenvalue weighted by atomic mass is 10.0. The molecule has 1 atom stereocenters. The Balaban J connectivity index is 1.99. The fourth-order valence-corrected chi connectivity index (χ4v) is 3.03. The van der Waals surface area contributed by atoms with Gasteiger partial charge in [0.15, 0.2) is 5.54 Å². The summed E-state index contributed by atoms with van der Waals surface area (Å²) in [7, 11) is 0. The number of amides is 1. The lowest BCUT2D eigenvalue weighted by molar-refractivity contribution is -0.147. The van der Waals surface area contributed by atoms with E-state index in [4.69, 9.17) is 16.3 Å². The van der Waals surface area contributed by atoms with Crippen molar-refractivity contribution in [1.29, 1.82) is 0 Å². The Labute approximate surface area is 157 Å². The predicted octanol–water partition coefficient (Wildman–Crippen LogP) is 4.00. The van der Waals surface area contributed by atoms with Gasteiger partial charge in [0.1, 0.15) is 5.70 Å². The molecule has 1 N–H and O–H groups in total. The quantitative estimate of drug-likeness (QED) is 0.808. The van der Waals surface area contributed by atoms with Gasteiger partial charge in [0.25, 0.3) is 5.91 Å². The van der Waals surface area contributed by atoms with E-state index in [9.17, 15) is 9.59 Å². The van der Waals surface area contributed by atoms with Crippen LogP contribution in [0.2, 0.25) is 5.02 Å². The molecule has 0 bridgehead atoms. The number of para-hydroxylation sites is 1. The van der Waals surface area contributed by atoms with Crippen molar-refractivity contribution < 1.29 is 14.3 Å². The van der Waals surface area contributed by atoms with Crippen LogP contribution in [-0.4, -0.2) is 24.0 Å². The number of carbonyl (C=O) groups excluding carboxylic acids is 2. The summed E-state index contributed by atoms with van der Waals surface area (Å²) in [6.45, 7) is 3.65. The molecule has 0 fully saturated rings. The Morgan fingerprint density at radius 1 is 1.15 bits per heavy atom. The van der Waals surface area contributed by atoms with Gasteiger partial charge >= 0.3 is 5.97 Å². The number of nitrogens with one attached hydrogen (secondary N) is 1. The Morgan fingerprint density at radius 2 is 1.81 bits per heavy atom. The highest BCUT2D eigenvalue weighted by Crippen LogP contribution is 2.35. The lowest BCUT2D eigenvalue weighted by Crippen LogP contribution is -2.51. The summed E-state index contributed by atoms with van der Waals surface area (Å²) in [6.07, 6.45) is 1.61. The molecule has 6 heteroatoms. The summed E-state index contributed by atoms with van der Waals surface area (Å²) in [5, 5.41) is 3.67. The number of carbonyl (C=O) groups is 2. The molecule has 26 heavy (non-hydrogen) atoms. The van der Waals surface area contributed by atoms with E-state index in [0.717, 1.165) is 0 Å². The molecular weight excluding hydrogens is 352 g/mol. The molecule has 2 aromatic carbocycles. The average molecular weight is 371 g/mol. The largest absolute Gasteiger partial charge is 0.464 e. The van der Waals surface area contributed by atoms with E-state index in [1.54, 1.807) is 56.3 Å². The number of ether oxygens (including phenoxy) is 1. The van der Waals surface area contributed by atoms with E-state index in [2.05, 4.69) is 5.32 Å². The summed E-state index contributed by atoms with van der Waals surface area (Å²) < 4.78 is 5.22. The number of hydrogen-bond donors (Lipinski definition) is 1. The molecule has 0 saturated carbocycles. The molecule has 134 valence electrons. The second-order valence-electron chi connectivity index (χ2n) is 6.03. The maximum absolute atomic E-state index is 13.1. The summed E-state index contributed by atoms with van der Waals surface area (Å²) in [5.74, 6) is -0.785. The maximum Gasteiger partial charge on any atom is 0.336 e. The highest BCUT2D eigenvalue weighted by Gasteiger charge is 2.49. The Bertz CT molecular complexity index is 849. The van der Waals surface area contributed by atoms with Crippen molar-refractivity contribution >= 4 is 34.9 Å². The third-order valence-corrected chi connectivity index (χ3v) is 4.40. The van der Waals surface area contributed by atoms with Crippen LogP contribution in [0.4, 0.5) is 11.4 Å². The zero-order valence-corrected chi connectivity index (χ0v) is 15.3. The molecule has 0 aromatic heterocycles. The van der Waals surface area contributed by atoms with E-state index in [-0.39, 0.29) is 12.5 Å². The fourth-order valence-electron chi connectivity index (χ4n) is 2.91. The number of halogens is 1. The third-order valence-electron chi connectivity index (χ3n) is 4.15. The van der Waals surface area contributed by atoms with Crippen LogP contribution in [0.5, 0.6) is 0 Å². The molecule has 0 radical (unpaired) electrons. The zero-order valence-electron chi connectivity index (χ0n) is 14.5. The standard InChI is InChI=1S/C20H19ClN2O3/c1-3-26-19(25)20(2)13-17(22-15-11-9-14(21)10-12-15)18(24)23(20)16-7-5-4-6-8-16/h4-13,22H,3H2,1-2H3/t20-/m0/s1. The monoisotopic (exact) mass is 370 g/mol. The minimum Gasteiger partial charge on any atom is -0.464 e. The Morgan fingerprint density at radius 3 is 2.42 bits per heavy atom. The molecule has 0 spiro atoms. The van der Waals surface area contributed by atoms with Gasteiger partial charge in [0.05, 0.1) is 6.61 Å². The topological polar surface area (TPSA) is 58.6 Å². The van der Waals surface area contributed by atoms with Gasteiger partial charge in [-0.05, 0) is 56.3 Å². The van der Waals surface area contributed by atoms with Gasteiger partial charge in [-0.2, -0.15) is 0 Å². The van der Waals surface area contributed by atoms with Crippen molar-refractivity contribution in [2.75, 3.05) is 16.8 Å². The van der Waals surface area contributed by atoms with Gasteiger partial charge in [0.2, 0.25) is 0 Å². The molecule has 0 unspecified atom stereocenters. The van der Waals surface area contributed by atoms with Crippen LogP contribution < -0.4 is 10.2 Å². The first-order valence-corrected chi connectivity index (χ1v) is 8.66. The van der Waals surface area contributed by atoms with E-state index in [0.29, 0.717) is 22.1 Å². The van der Waals surface area contributed by atoms with E-state index >= 15 is 0 Å². The molecule has 3 rings (SSSR count). The Kier molecular flexibility index (Phi) is 5.00. The predicted molar refractivity (Wildman–Crippen MR) is 102 cm³/mol. The minimum atomic E-state index is -1.23. The van der Waals surface area contributed by atoms with Crippen molar-refractivity contribution in [3.8, 4) is 0 Å². The van der Waals surface area contributed by atoms with Crippen molar-refractivity contribution in [3.05, 3.63) is 71.4 Å². The second kappa shape index (κ2) is 7.22. The van der Waals surface area contributed by atoms with Gasteiger partial charge in [-0.3, -0.25) is 9.69 Å². The summed E-state index contributed by atoms with van der Waals surface area (Å²) >= 11 is 5.90. The number of hydrogen-bond acceptors (Lipinski definition) is 4. The van der Waals surface area contributed by atoms with Gasteiger partial charge in [-0.15, -0.1) is 0 Å². The highest BCUT2D eigenvalue weighted by atomic mass is 35.5. The summed E-state index contributed by atoms with van der Waals surface area (Å²) in [6, 6.07) is 16.0. The van der Waals surface area contributed by atoms with Crippen LogP contribution in [0.3, 0.4) is 0 Å². The number of esters is 1. The molecule has 1 amide bonds. The van der Waals surface area contributed by atoms with Gasteiger partial charge in [-0.25, -0.2) is 4.79 Å². The highest BCUT2D eigenvalue weighted by molar-refractivity contribution is 6.30. The normalized spacial score (nSPS) is 19.3. The minimum absolute atomic E-state index is 0.235. The van der Waals surface area contributed by atoms with Crippen molar-refractivity contribution in [1.82, 2.24) is 0 Å². The van der Waals surface area contributed by atoms with E-state index in [1.165, 1.54) is 4.90 Å². The molecule has 5 nitrogen and oxygen atoms in total. The zero-order chi connectivity index (χ0) is 18.7. The molecular formula is C20H19ClN2O3. The SMILES string of the molecule is CCOC(=O)[C@]1(C)C=C(Nc2ccc(Cl)cc2)C(=O)N1c1ccccc1. The summed E-state index contributed by atoms with van der Waals surface area (Å²) in [5.41, 5.74) is 0.405. The van der Waals surface area contributed by atoms with Crippen LogP contribution in [-0.2, 0) is 14.3 Å². The van der Waals surface area contributed by atoms with Crippen LogP contribution in [0, 0.1) is 0 Å². The van der Waals surface area contributed by atoms with Crippen LogP contribution in [0.15, 0.2) is 66.4 Å². The molecule has 1 aliphatic heterocycles. The van der Waals surface area contributed by atoms with E-state index in [1.807, 2.05) is 18.2 Å². The molecule has 1 heterocycles. The van der Waals surface area contributed by atoms with E-state index < -0.39 is 11.5 Å². The number of rotatable bonds is 5. The number of nitrogens with zero attached hydrogens (tertiary/aromatic N) is 1. The first kappa shape index (κ1) is 18.0. The first-order valence-electron chi connectivity index (χ1n) is 8.28. The smallest absolute Gasteiger partial charge is 0.336 e. The first-order chi connectivity index (χ1) is 12.5. The lowest BCUT2D eigenvalue weighted by Gasteiger charge is -2.32. The van der Waals surface area contributed by atoms with Crippen LogP contribution in [0.1, 0.15) is 13.8 Å². The Hall–Kier alpha value is -2.79. The molecule has 0 saturated heterocycles. The molecule has 2 aromatic rings. The maximum atomic E-state index is 13.1. The molecule has 0 aliphatic carbocycles. The summed E-state index contributed by atoms with van der Waals surface area (Å²) in [4.78, 5) is 27.1.